The van der Waals surface area contributed by atoms with E-state index in [1.54, 1.807) is 26.8 Å². The number of allylic oxidation sites excluding steroid dienone is 1. The molecule has 7 heteroatoms. The van der Waals surface area contributed by atoms with Crippen LogP contribution in [0.3, 0.4) is 0 Å². The van der Waals surface area contributed by atoms with Crippen molar-refractivity contribution in [3.05, 3.63) is 23.3 Å². The molecule has 4 rings (SSSR count). The highest BCUT2D eigenvalue weighted by atomic mass is 16.6. The van der Waals surface area contributed by atoms with E-state index in [4.69, 9.17) is 14.2 Å². The van der Waals surface area contributed by atoms with Crippen LogP contribution in [-0.2, 0) is 23.8 Å². The molecule has 2 aliphatic heterocycles. The number of carbonyl (C=O) groups excluding carboxylic acids is 2. The maximum atomic E-state index is 12.7. The van der Waals surface area contributed by atoms with Crippen molar-refractivity contribution >= 4 is 11.9 Å². The van der Waals surface area contributed by atoms with E-state index in [-0.39, 0.29) is 18.5 Å². The molecule has 7 nitrogen and oxygen atoms in total. The van der Waals surface area contributed by atoms with Crippen LogP contribution < -0.4 is 0 Å². The minimum absolute atomic E-state index is 0.0485. The second kappa shape index (κ2) is 7.67. The molecule has 1 saturated heterocycles. The Morgan fingerprint density at radius 1 is 1.34 bits per heavy atom. The molecule has 0 amide bonds. The summed E-state index contributed by atoms with van der Waals surface area (Å²) in [6.07, 6.45) is 4.80. The third-order valence-electron chi connectivity index (χ3n) is 9.33. The molecule has 0 aromatic rings. The molecule has 7 unspecified atom stereocenters. The molecule has 0 bridgehead atoms. The Kier molecular flexibility index (Phi) is 5.63. The van der Waals surface area contributed by atoms with Crippen LogP contribution in [0.15, 0.2) is 23.3 Å². The van der Waals surface area contributed by atoms with E-state index in [0.29, 0.717) is 25.0 Å². The SMILES string of the molecule is CC=C(C)C(=O)OC1C(O)C2(C)C(CCCC23CO3)C(C)(CCC2=CC(=O)OC2)C1(C)O. The Labute approximate surface area is 189 Å². The van der Waals surface area contributed by atoms with E-state index in [0.717, 1.165) is 24.8 Å². The van der Waals surface area contributed by atoms with Crippen LogP contribution in [0.2, 0.25) is 0 Å². The topological polar surface area (TPSA) is 106 Å². The van der Waals surface area contributed by atoms with Crippen molar-refractivity contribution in [2.24, 2.45) is 16.7 Å². The van der Waals surface area contributed by atoms with Gasteiger partial charge < -0.3 is 24.4 Å². The number of carbonyl (C=O) groups is 2. The normalized spacial score (nSPS) is 45.8. The van der Waals surface area contributed by atoms with Crippen LogP contribution in [0.4, 0.5) is 0 Å². The predicted molar refractivity (Wildman–Crippen MR) is 116 cm³/mol. The number of hydrogen-bond acceptors (Lipinski definition) is 7. The first-order chi connectivity index (χ1) is 14.9. The zero-order chi connectivity index (χ0) is 23.5. The number of rotatable bonds is 5. The average Bonchev–Trinajstić information content (AvgIpc) is 3.42. The summed E-state index contributed by atoms with van der Waals surface area (Å²) in [4.78, 5) is 24.3. The van der Waals surface area contributed by atoms with Crippen molar-refractivity contribution in [1.29, 1.82) is 0 Å². The number of ether oxygens (including phenoxy) is 3. The number of aliphatic hydroxyl groups excluding tert-OH is 1. The summed E-state index contributed by atoms with van der Waals surface area (Å²) in [5.74, 6) is -0.926. The molecule has 0 aromatic heterocycles. The number of epoxide rings is 1. The first kappa shape index (κ1) is 23.5. The molecule has 1 spiro atoms. The van der Waals surface area contributed by atoms with Crippen molar-refractivity contribution in [2.45, 2.75) is 90.1 Å². The third kappa shape index (κ3) is 3.19. The number of hydrogen-bond donors (Lipinski definition) is 2. The number of aliphatic hydroxyl groups is 2. The van der Waals surface area contributed by atoms with Gasteiger partial charge >= 0.3 is 11.9 Å². The summed E-state index contributed by atoms with van der Waals surface area (Å²) in [6, 6.07) is 0. The third-order valence-corrected chi connectivity index (χ3v) is 9.33. The molecule has 7 atom stereocenters. The maximum absolute atomic E-state index is 12.7. The zero-order valence-electron chi connectivity index (χ0n) is 19.8. The van der Waals surface area contributed by atoms with Crippen LogP contribution in [0.25, 0.3) is 0 Å². The fraction of sp³-hybridized carbons (Fsp3) is 0.760. The molecule has 178 valence electrons. The molecular weight excluding hydrogens is 412 g/mol. The molecule has 2 heterocycles. The summed E-state index contributed by atoms with van der Waals surface area (Å²) in [5, 5.41) is 23.7. The zero-order valence-corrected chi connectivity index (χ0v) is 19.8. The lowest BCUT2D eigenvalue weighted by atomic mass is 9.41. The second-order valence-electron chi connectivity index (χ2n) is 10.7. The lowest BCUT2D eigenvalue weighted by molar-refractivity contribution is -0.298. The molecular formula is C25H36O7. The molecule has 4 aliphatic rings. The van der Waals surface area contributed by atoms with Crippen LogP contribution in [0, 0.1) is 16.7 Å². The lowest BCUT2D eigenvalue weighted by Gasteiger charge is -2.66. The van der Waals surface area contributed by atoms with Crippen molar-refractivity contribution in [3.63, 3.8) is 0 Å². The summed E-state index contributed by atoms with van der Waals surface area (Å²) in [6.45, 7) is 9.99. The van der Waals surface area contributed by atoms with Gasteiger partial charge in [0, 0.05) is 22.5 Å². The van der Waals surface area contributed by atoms with E-state index in [2.05, 4.69) is 0 Å². The van der Waals surface area contributed by atoms with E-state index >= 15 is 0 Å². The average molecular weight is 449 g/mol. The van der Waals surface area contributed by atoms with Crippen LogP contribution in [0.1, 0.15) is 66.7 Å². The van der Waals surface area contributed by atoms with Crippen molar-refractivity contribution in [3.8, 4) is 0 Å². The van der Waals surface area contributed by atoms with Crippen LogP contribution in [0.5, 0.6) is 0 Å². The Hall–Kier alpha value is -1.70. The van der Waals surface area contributed by atoms with Gasteiger partial charge in [-0.25, -0.2) is 9.59 Å². The smallest absolute Gasteiger partial charge is 0.333 e. The van der Waals surface area contributed by atoms with Crippen molar-refractivity contribution < 1.29 is 34.0 Å². The number of esters is 2. The summed E-state index contributed by atoms with van der Waals surface area (Å²) < 4.78 is 16.9. The van der Waals surface area contributed by atoms with Crippen LogP contribution in [-0.4, -0.2) is 58.8 Å². The molecule has 3 fully saturated rings. The first-order valence-electron chi connectivity index (χ1n) is 11.7. The Morgan fingerprint density at radius 3 is 2.59 bits per heavy atom. The number of fused-ring (bicyclic) bond motifs is 2. The van der Waals surface area contributed by atoms with Gasteiger partial charge in [-0.2, -0.15) is 0 Å². The number of cyclic esters (lactones) is 1. The predicted octanol–water partition coefficient (Wildman–Crippen LogP) is 2.84. The van der Waals surface area contributed by atoms with Gasteiger partial charge in [0.25, 0.3) is 0 Å². The molecule has 2 aliphatic carbocycles. The van der Waals surface area contributed by atoms with Crippen LogP contribution >= 0.6 is 0 Å². The monoisotopic (exact) mass is 448 g/mol. The minimum Gasteiger partial charge on any atom is -0.458 e. The van der Waals surface area contributed by atoms with Gasteiger partial charge in [0.1, 0.15) is 18.3 Å². The molecule has 2 N–H and O–H groups in total. The van der Waals surface area contributed by atoms with E-state index in [1.165, 1.54) is 6.08 Å². The van der Waals surface area contributed by atoms with Crippen molar-refractivity contribution in [1.82, 2.24) is 0 Å². The lowest BCUT2D eigenvalue weighted by Crippen LogP contribution is -2.75. The van der Waals surface area contributed by atoms with E-state index < -0.39 is 40.2 Å². The van der Waals surface area contributed by atoms with Gasteiger partial charge in [-0.15, -0.1) is 0 Å². The second-order valence-corrected chi connectivity index (χ2v) is 10.7. The summed E-state index contributed by atoms with van der Waals surface area (Å²) in [5.41, 5.74) is -1.99. The molecule has 2 saturated carbocycles. The van der Waals surface area contributed by atoms with Gasteiger partial charge in [0.15, 0.2) is 6.10 Å². The van der Waals surface area contributed by atoms with Gasteiger partial charge in [-0.1, -0.05) is 26.3 Å². The van der Waals surface area contributed by atoms with Gasteiger partial charge in [0.2, 0.25) is 0 Å². The highest BCUT2D eigenvalue weighted by molar-refractivity contribution is 5.88. The minimum atomic E-state index is -1.49. The summed E-state index contributed by atoms with van der Waals surface area (Å²) >= 11 is 0. The first-order valence-corrected chi connectivity index (χ1v) is 11.7. The largest absolute Gasteiger partial charge is 0.458 e. The highest BCUT2D eigenvalue weighted by Gasteiger charge is 2.76. The fourth-order valence-electron chi connectivity index (χ4n) is 6.69. The van der Waals surface area contributed by atoms with Gasteiger partial charge in [-0.3, -0.25) is 0 Å². The maximum Gasteiger partial charge on any atom is 0.333 e. The molecule has 32 heavy (non-hydrogen) atoms. The Balaban J connectivity index is 1.75. The highest BCUT2D eigenvalue weighted by Crippen LogP contribution is 2.69. The summed E-state index contributed by atoms with van der Waals surface area (Å²) in [7, 11) is 0. The Morgan fingerprint density at radius 2 is 2.03 bits per heavy atom. The fourth-order valence-corrected chi connectivity index (χ4v) is 6.69. The van der Waals surface area contributed by atoms with E-state index in [9.17, 15) is 19.8 Å². The standard InChI is InChI=1S/C25H36O7/c1-6-15(2)21(28)32-20-19(27)23(4)17(8-7-10-25(23)14-31-25)22(3,24(20,5)29)11-9-16-12-18(26)30-13-16/h6,12,17,19-20,27,29H,7-11,13-14H2,1-5H3. The van der Waals surface area contributed by atoms with Crippen molar-refractivity contribution in [2.75, 3.05) is 13.2 Å². The van der Waals surface area contributed by atoms with Gasteiger partial charge in [-0.05, 0) is 57.9 Å². The Bertz CT molecular complexity index is 868. The quantitative estimate of drug-likeness (QED) is 0.378. The molecule has 0 aromatic carbocycles. The molecule has 0 radical (unpaired) electrons. The van der Waals surface area contributed by atoms with E-state index in [1.807, 2.05) is 13.8 Å². The van der Waals surface area contributed by atoms with Gasteiger partial charge in [0.05, 0.1) is 12.2 Å².